The maximum absolute atomic E-state index is 11.7. The number of hydrogen-bond acceptors (Lipinski definition) is 7. The van der Waals surface area contributed by atoms with Crippen molar-refractivity contribution < 1.29 is 28.5 Å². The Labute approximate surface area is 154 Å². The fourth-order valence-electron chi connectivity index (χ4n) is 2.82. The lowest BCUT2D eigenvalue weighted by molar-refractivity contribution is -0.143. The van der Waals surface area contributed by atoms with Crippen molar-refractivity contribution in [3.8, 4) is 11.5 Å². The summed E-state index contributed by atoms with van der Waals surface area (Å²) in [5, 5.41) is 0. The minimum atomic E-state index is -0.244. The molecule has 0 saturated carbocycles. The summed E-state index contributed by atoms with van der Waals surface area (Å²) in [6, 6.07) is 5.78. The molecule has 2 rings (SSSR count). The van der Waals surface area contributed by atoms with E-state index < -0.39 is 0 Å². The molecule has 7 heteroatoms. The molecule has 0 radical (unpaired) electrons. The first kappa shape index (κ1) is 20.0. The average molecular weight is 365 g/mol. The predicted molar refractivity (Wildman–Crippen MR) is 95.1 cm³/mol. The van der Waals surface area contributed by atoms with Crippen molar-refractivity contribution in [2.24, 2.45) is 0 Å². The van der Waals surface area contributed by atoms with E-state index in [4.69, 9.17) is 18.9 Å². The van der Waals surface area contributed by atoms with E-state index in [-0.39, 0.29) is 37.6 Å². The van der Waals surface area contributed by atoms with E-state index in [1.165, 1.54) is 0 Å². The molecular weight excluding hydrogens is 338 g/mol. The third-order valence-electron chi connectivity index (χ3n) is 4.24. The van der Waals surface area contributed by atoms with Gasteiger partial charge in [-0.3, -0.25) is 14.5 Å². The Kier molecular flexibility index (Phi) is 7.72. The molecule has 1 atom stereocenters. The smallest absolute Gasteiger partial charge is 0.307 e. The first-order chi connectivity index (χ1) is 12.5. The van der Waals surface area contributed by atoms with Gasteiger partial charge in [0, 0.05) is 19.1 Å². The second-order valence-corrected chi connectivity index (χ2v) is 5.93. The summed E-state index contributed by atoms with van der Waals surface area (Å²) >= 11 is 0. The number of carbonyl (C=O) groups excluding carboxylic acids is 2. The van der Waals surface area contributed by atoms with Crippen LogP contribution in [0.1, 0.15) is 45.2 Å². The Morgan fingerprint density at radius 2 is 1.62 bits per heavy atom. The van der Waals surface area contributed by atoms with Gasteiger partial charge in [0.05, 0.1) is 26.1 Å². The van der Waals surface area contributed by atoms with Crippen LogP contribution in [-0.2, 0) is 19.1 Å². The van der Waals surface area contributed by atoms with E-state index in [9.17, 15) is 9.59 Å². The molecular formula is C19H27NO6. The van der Waals surface area contributed by atoms with Gasteiger partial charge in [-0.1, -0.05) is 6.07 Å². The monoisotopic (exact) mass is 365 g/mol. The van der Waals surface area contributed by atoms with Gasteiger partial charge in [0.2, 0.25) is 6.79 Å². The highest BCUT2D eigenvalue weighted by Gasteiger charge is 2.21. The number of hydrogen-bond donors (Lipinski definition) is 0. The topological polar surface area (TPSA) is 74.3 Å². The van der Waals surface area contributed by atoms with Crippen molar-refractivity contribution in [1.82, 2.24) is 4.90 Å². The zero-order valence-electron chi connectivity index (χ0n) is 15.7. The lowest BCUT2D eigenvalue weighted by Crippen LogP contribution is -2.32. The third-order valence-corrected chi connectivity index (χ3v) is 4.24. The lowest BCUT2D eigenvalue weighted by atomic mass is 10.1. The van der Waals surface area contributed by atoms with Gasteiger partial charge in [-0.15, -0.1) is 0 Å². The Morgan fingerprint density at radius 3 is 2.19 bits per heavy atom. The number of ether oxygens (including phenoxy) is 4. The van der Waals surface area contributed by atoms with E-state index in [0.717, 1.165) is 11.3 Å². The molecule has 0 saturated heterocycles. The molecule has 26 heavy (non-hydrogen) atoms. The minimum absolute atomic E-state index is 0.00615. The van der Waals surface area contributed by atoms with Gasteiger partial charge >= 0.3 is 11.9 Å². The van der Waals surface area contributed by atoms with Crippen molar-refractivity contribution in [2.75, 3.05) is 33.1 Å². The Morgan fingerprint density at radius 1 is 1.04 bits per heavy atom. The summed E-state index contributed by atoms with van der Waals surface area (Å²) in [5.41, 5.74) is 1.03. The Balaban J connectivity index is 2.04. The summed E-state index contributed by atoms with van der Waals surface area (Å²) in [6.45, 7) is 7.54. The zero-order valence-corrected chi connectivity index (χ0v) is 15.7. The molecule has 1 aliphatic rings. The molecule has 0 aromatic heterocycles. The fourth-order valence-corrected chi connectivity index (χ4v) is 2.82. The van der Waals surface area contributed by atoms with Crippen LogP contribution in [0.3, 0.4) is 0 Å². The van der Waals surface area contributed by atoms with E-state index in [1.54, 1.807) is 13.8 Å². The molecule has 1 heterocycles. The van der Waals surface area contributed by atoms with E-state index in [1.807, 2.05) is 25.1 Å². The quantitative estimate of drug-likeness (QED) is 0.590. The van der Waals surface area contributed by atoms with Crippen LogP contribution in [-0.4, -0.2) is 49.9 Å². The standard InChI is InChI=1S/C19H27NO6/c1-4-23-18(21)8-10-20(11-9-19(22)24-5-2)14(3)15-6-7-16-17(12-15)26-13-25-16/h6-7,12,14H,4-5,8-11,13H2,1-3H3. The van der Waals surface area contributed by atoms with Crippen molar-refractivity contribution in [2.45, 2.75) is 39.7 Å². The molecule has 1 aliphatic heterocycles. The molecule has 0 N–H and O–H groups in total. The van der Waals surface area contributed by atoms with E-state index in [2.05, 4.69) is 4.90 Å². The number of benzene rings is 1. The average Bonchev–Trinajstić information content (AvgIpc) is 3.09. The van der Waals surface area contributed by atoms with Crippen LogP contribution < -0.4 is 9.47 Å². The molecule has 0 bridgehead atoms. The van der Waals surface area contributed by atoms with Gasteiger partial charge in [-0.05, 0) is 38.5 Å². The van der Waals surface area contributed by atoms with E-state index >= 15 is 0 Å². The molecule has 0 amide bonds. The number of carbonyl (C=O) groups is 2. The minimum Gasteiger partial charge on any atom is -0.466 e. The molecule has 1 unspecified atom stereocenters. The Hall–Kier alpha value is -2.28. The van der Waals surface area contributed by atoms with Crippen molar-refractivity contribution in [1.29, 1.82) is 0 Å². The fraction of sp³-hybridized carbons (Fsp3) is 0.579. The van der Waals surface area contributed by atoms with Gasteiger partial charge in [0.15, 0.2) is 11.5 Å². The maximum Gasteiger partial charge on any atom is 0.307 e. The Bertz CT molecular complexity index is 596. The van der Waals surface area contributed by atoms with Gasteiger partial charge in [0.25, 0.3) is 0 Å². The second-order valence-electron chi connectivity index (χ2n) is 5.93. The van der Waals surface area contributed by atoms with Crippen LogP contribution in [0.4, 0.5) is 0 Å². The third kappa shape index (κ3) is 5.62. The van der Waals surface area contributed by atoms with Gasteiger partial charge < -0.3 is 18.9 Å². The van der Waals surface area contributed by atoms with Gasteiger partial charge in [-0.2, -0.15) is 0 Å². The van der Waals surface area contributed by atoms with Crippen LogP contribution in [0.15, 0.2) is 18.2 Å². The predicted octanol–water partition coefficient (Wildman–Crippen LogP) is 2.68. The number of esters is 2. The molecule has 0 spiro atoms. The molecule has 7 nitrogen and oxygen atoms in total. The SMILES string of the molecule is CCOC(=O)CCN(CCC(=O)OCC)C(C)c1ccc2c(c1)OCO2. The summed E-state index contributed by atoms with van der Waals surface area (Å²) < 4.78 is 20.8. The van der Waals surface area contributed by atoms with Gasteiger partial charge in [0.1, 0.15) is 0 Å². The van der Waals surface area contributed by atoms with Gasteiger partial charge in [-0.25, -0.2) is 0 Å². The first-order valence-electron chi connectivity index (χ1n) is 9.00. The molecule has 1 aromatic carbocycles. The largest absolute Gasteiger partial charge is 0.466 e. The lowest BCUT2D eigenvalue weighted by Gasteiger charge is -2.29. The summed E-state index contributed by atoms with van der Waals surface area (Å²) in [5.74, 6) is 0.952. The van der Waals surface area contributed by atoms with Crippen molar-refractivity contribution in [3.63, 3.8) is 0 Å². The van der Waals surface area contributed by atoms with Crippen LogP contribution in [0, 0.1) is 0 Å². The summed E-state index contributed by atoms with van der Waals surface area (Å²) in [4.78, 5) is 25.5. The van der Waals surface area contributed by atoms with Crippen LogP contribution >= 0.6 is 0 Å². The van der Waals surface area contributed by atoms with Crippen LogP contribution in [0.2, 0.25) is 0 Å². The number of fused-ring (bicyclic) bond motifs is 1. The second kappa shape index (κ2) is 10.0. The highest BCUT2D eigenvalue weighted by atomic mass is 16.7. The maximum atomic E-state index is 11.7. The normalized spacial score (nSPS) is 13.5. The van der Waals surface area contributed by atoms with Crippen LogP contribution in [0.25, 0.3) is 0 Å². The highest BCUT2D eigenvalue weighted by Crippen LogP contribution is 2.35. The first-order valence-corrected chi connectivity index (χ1v) is 9.00. The zero-order chi connectivity index (χ0) is 18.9. The molecule has 1 aromatic rings. The molecule has 144 valence electrons. The van der Waals surface area contributed by atoms with Crippen molar-refractivity contribution in [3.05, 3.63) is 23.8 Å². The highest BCUT2D eigenvalue weighted by molar-refractivity contribution is 5.70. The van der Waals surface area contributed by atoms with Crippen LogP contribution in [0.5, 0.6) is 11.5 Å². The summed E-state index contributed by atoms with van der Waals surface area (Å²) in [6.07, 6.45) is 0.539. The molecule has 0 fully saturated rings. The van der Waals surface area contributed by atoms with E-state index in [0.29, 0.717) is 32.1 Å². The van der Waals surface area contributed by atoms with Crippen molar-refractivity contribution >= 4 is 11.9 Å². The molecule has 0 aliphatic carbocycles. The number of nitrogens with zero attached hydrogens (tertiary/aromatic N) is 1. The number of rotatable bonds is 10. The summed E-state index contributed by atoms with van der Waals surface area (Å²) in [7, 11) is 0.